The molecule has 5 rings (SSSR count). The summed E-state index contributed by atoms with van der Waals surface area (Å²) in [6.07, 6.45) is 1.43. The molecule has 4 aromatic rings. The van der Waals surface area contributed by atoms with Crippen molar-refractivity contribution in [2.45, 2.75) is 39.8 Å². The minimum atomic E-state index is -0.809. The van der Waals surface area contributed by atoms with Crippen LogP contribution in [0.1, 0.15) is 41.1 Å². The van der Waals surface area contributed by atoms with Crippen LogP contribution in [0, 0.1) is 19.7 Å². The molecular formula is C32H31FN2O6. The molecule has 0 bridgehead atoms. The number of halogens is 1. The summed E-state index contributed by atoms with van der Waals surface area (Å²) in [6, 6.07) is 14.9. The van der Waals surface area contributed by atoms with Gasteiger partial charge in [0.2, 0.25) is 5.76 Å². The molecule has 41 heavy (non-hydrogen) atoms. The van der Waals surface area contributed by atoms with Crippen molar-refractivity contribution in [3.05, 3.63) is 89.1 Å². The number of nitrogens with zero attached hydrogens (tertiary/aromatic N) is 1. The van der Waals surface area contributed by atoms with Crippen LogP contribution >= 0.6 is 0 Å². The summed E-state index contributed by atoms with van der Waals surface area (Å²) in [5.41, 5.74) is 4.15. The number of hydrogen-bond donors (Lipinski definition) is 1. The Balaban J connectivity index is 1.58. The predicted molar refractivity (Wildman–Crippen MR) is 153 cm³/mol. The van der Waals surface area contributed by atoms with Gasteiger partial charge in [0.05, 0.1) is 24.7 Å². The molecule has 0 atom stereocenters. The van der Waals surface area contributed by atoms with Gasteiger partial charge in [-0.25, -0.2) is 9.18 Å². The predicted octanol–water partition coefficient (Wildman–Crippen LogP) is 6.68. The zero-order chi connectivity index (χ0) is 29.5. The van der Waals surface area contributed by atoms with Crippen LogP contribution in [0.4, 0.5) is 15.8 Å². The number of ether oxygens (including phenoxy) is 3. The van der Waals surface area contributed by atoms with Gasteiger partial charge in [-0.3, -0.25) is 4.79 Å². The zero-order valence-electron chi connectivity index (χ0n) is 23.8. The van der Waals surface area contributed by atoms with Crippen molar-refractivity contribution in [1.29, 1.82) is 0 Å². The summed E-state index contributed by atoms with van der Waals surface area (Å²) in [4.78, 5) is 27.5. The summed E-state index contributed by atoms with van der Waals surface area (Å²) < 4.78 is 36.7. The summed E-state index contributed by atoms with van der Waals surface area (Å²) in [6.45, 7) is 7.28. The first kappa shape index (κ1) is 27.8. The van der Waals surface area contributed by atoms with Crippen molar-refractivity contribution in [1.82, 2.24) is 0 Å². The van der Waals surface area contributed by atoms with Crippen LogP contribution in [-0.2, 0) is 11.4 Å². The number of furan rings is 1. The van der Waals surface area contributed by atoms with E-state index in [1.165, 1.54) is 25.5 Å². The van der Waals surface area contributed by atoms with E-state index in [9.17, 15) is 14.0 Å². The number of fused-ring (bicyclic) bond motifs is 1. The van der Waals surface area contributed by atoms with E-state index in [1.54, 1.807) is 49.2 Å². The summed E-state index contributed by atoms with van der Waals surface area (Å²) in [7, 11) is 3.24. The average Bonchev–Trinajstić information content (AvgIpc) is 3.38. The highest BCUT2D eigenvalue weighted by atomic mass is 19.1. The fraction of sp³-hybridized carbons (Fsp3) is 0.250. The monoisotopic (exact) mass is 558 g/mol. The maximum Gasteiger partial charge on any atom is 0.379 e. The van der Waals surface area contributed by atoms with Crippen LogP contribution in [-0.4, -0.2) is 31.6 Å². The Kier molecular flexibility index (Phi) is 7.21. The maximum atomic E-state index is 14.0. The van der Waals surface area contributed by atoms with E-state index in [-0.39, 0.29) is 24.0 Å². The van der Waals surface area contributed by atoms with Gasteiger partial charge in [0.25, 0.3) is 5.91 Å². The molecule has 0 radical (unpaired) electrons. The third-order valence-electron chi connectivity index (χ3n) is 7.15. The number of likely N-dealkylation sites (N-methyl/N-ethyl adjacent to an activating group) is 1. The molecule has 0 saturated carbocycles. The SMILES string of the molecule is COc1cc(OC(=O)c2occc2C)ccc1-c1ccc2c(c1COc1cc(F)ccc1C)N(C)C(=O)C(C)(C)N2. The van der Waals surface area contributed by atoms with Gasteiger partial charge in [-0.15, -0.1) is 0 Å². The van der Waals surface area contributed by atoms with Gasteiger partial charge in [0, 0.05) is 35.9 Å². The lowest BCUT2D eigenvalue weighted by Gasteiger charge is -2.39. The van der Waals surface area contributed by atoms with Crippen molar-refractivity contribution in [2.24, 2.45) is 0 Å². The number of methoxy groups -OCH3 is 1. The molecule has 8 nitrogen and oxygen atoms in total. The molecule has 0 spiro atoms. The highest BCUT2D eigenvalue weighted by molar-refractivity contribution is 6.08. The molecule has 1 aliphatic rings. The molecule has 3 aromatic carbocycles. The molecule has 0 saturated heterocycles. The highest BCUT2D eigenvalue weighted by Crippen LogP contribution is 2.45. The van der Waals surface area contributed by atoms with Crippen molar-refractivity contribution < 1.29 is 32.6 Å². The fourth-order valence-electron chi connectivity index (χ4n) is 5.00. The number of rotatable bonds is 7. The minimum absolute atomic E-state index is 0.0419. The van der Waals surface area contributed by atoms with E-state index in [4.69, 9.17) is 18.6 Å². The molecule has 9 heteroatoms. The van der Waals surface area contributed by atoms with E-state index in [0.29, 0.717) is 33.9 Å². The summed E-state index contributed by atoms with van der Waals surface area (Å²) in [5, 5.41) is 3.33. The second kappa shape index (κ2) is 10.6. The standard InChI is InChI=1S/C32H31FN2O6/c1-18-7-8-20(33)15-26(18)40-17-24-22(11-12-25-28(24)35(5)31(37)32(3,4)34-25)23-10-9-21(16-27(23)38-6)41-30(36)29-19(2)13-14-39-29/h7-16,34H,17H2,1-6H3. The number of anilines is 2. The average molecular weight is 559 g/mol. The van der Waals surface area contributed by atoms with E-state index in [2.05, 4.69) is 5.32 Å². The van der Waals surface area contributed by atoms with E-state index in [0.717, 1.165) is 16.8 Å². The van der Waals surface area contributed by atoms with Gasteiger partial charge in [0.15, 0.2) is 0 Å². The highest BCUT2D eigenvalue weighted by Gasteiger charge is 2.38. The first-order valence-electron chi connectivity index (χ1n) is 13.1. The third-order valence-corrected chi connectivity index (χ3v) is 7.15. The maximum absolute atomic E-state index is 14.0. The molecule has 1 N–H and O–H groups in total. The number of esters is 1. The Hall–Kier alpha value is -4.79. The van der Waals surface area contributed by atoms with E-state index < -0.39 is 17.3 Å². The lowest BCUT2D eigenvalue weighted by Crippen LogP contribution is -2.52. The minimum Gasteiger partial charge on any atom is -0.496 e. The number of nitrogens with one attached hydrogen (secondary N) is 1. The third kappa shape index (κ3) is 5.23. The molecule has 2 heterocycles. The second-order valence-corrected chi connectivity index (χ2v) is 10.5. The molecule has 1 aliphatic heterocycles. The van der Waals surface area contributed by atoms with Gasteiger partial charge < -0.3 is 28.8 Å². The fourth-order valence-corrected chi connectivity index (χ4v) is 5.00. The molecule has 1 aromatic heterocycles. The Labute approximate surface area is 237 Å². The summed E-state index contributed by atoms with van der Waals surface area (Å²) >= 11 is 0. The number of benzene rings is 3. The molecule has 1 amide bonds. The van der Waals surface area contributed by atoms with Crippen molar-refractivity contribution >= 4 is 23.3 Å². The van der Waals surface area contributed by atoms with E-state index >= 15 is 0 Å². The smallest absolute Gasteiger partial charge is 0.379 e. The second-order valence-electron chi connectivity index (χ2n) is 10.5. The first-order valence-corrected chi connectivity index (χ1v) is 13.1. The number of aryl methyl sites for hydroxylation is 2. The van der Waals surface area contributed by atoms with E-state index in [1.807, 2.05) is 32.9 Å². The van der Waals surface area contributed by atoms with Crippen LogP contribution in [0.15, 0.2) is 65.3 Å². The lowest BCUT2D eigenvalue weighted by atomic mass is 9.91. The zero-order valence-corrected chi connectivity index (χ0v) is 23.8. The molecular weight excluding hydrogens is 527 g/mol. The van der Waals surface area contributed by atoms with Gasteiger partial charge >= 0.3 is 5.97 Å². The summed E-state index contributed by atoms with van der Waals surface area (Å²) in [5.74, 6) is 0.0818. The largest absolute Gasteiger partial charge is 0.496 e. The van der Waals surface area contributed by atoms with Crippen LogP contribution < -0.4 is 24.4 Å². The van der Waals surface area contributed by atoms with Gasteiger partial charge in [-0.2, -0.15) is 0 Å². The number of carbonyl (C=O) groups excluding carboxylic acids is 2. The Morgan fingerprint density at radius 3 is 2.46 bits per heavy atom. The van der Waals surface area contributed by atoms with Crippen molar-refractivity contribution in [3.8, 4) is 28.4 Å². The number of carbonyl (C=O) groups is 2. The molecule has 0 unspecified atom stereocenters. The number of hydrogen-bond acceptors (Lipinski definition) is 7. The normalized spacial score (nSPS) is 13.8. The molecule has 0 fully saturated rings. The number of amides is 1. The van der Waals surface area contributed by atoms with Crippen LogP contribution in [0.3, 0.4) is 0 Å². The topological polar surface area (TPSA) is 90.2 Å². The Bertz CT molecular complexity index is 1660. The molecule has 212 valence electrons. The van der Waals surface area contributed by atoms with Gasteiger partial charge in [-0.1, -0.05) is 12.1 Å². The van der Waals surface area contributed by atoms with Crippen LogP contribution in [0.2, 0.25) is 0 Å². The van der Waals surface area contributed by atoms with Crippen LogP contribution in [0.5, 0.6) is 17.2 Å². The molecule has 0 aliphatic carbocycles. The Morgan fingerprint density at radius 1 is 1.00 bits per heavy atom. The quantitative estimate of drug-likeness (QED) is 0.200. The Morgan fingerprint density at radius 2 is 1.76 bits per heavy atom. The van der Waals surface area contributed by atoms with Crippen molar-refractivity contribution in [3.63, 3.8) is 0 Å². The van der Waals surface area contributed by atoms with Crippen LogP contribution in [0.25, 0.3) is 11.1 Å². The first-order chi connectivity index (χ1) is 19.5. The van der Waals surface area contributed by atoms with Crippen molar-refractivity contribution in [2.75, 3.05) is 24.4 Å². The van der Waals surface area contributed by atoms with Gasteiger partial charge in [-0.05, 0) is 69.2 Å². The van der Waals surface area contributed by atoms with Gasteiger partial charge in [0.1, 0.15) is 35.2 Å². The lowest BCUT2D eigenvalue weighted by molar-refractivity contribution is -0.121.